The first kappa shape index (κ1) is 22.3. The van der Waals surface area contributed by atoms with Crippen LogP contribution in [-0.4, -0.2) is 35.0 Å². The van der Waals surface area contributed by atoms with Crippen LogP contribution < -0.4 is 10.2 Å². The lowest BCUT2D eigenvalue weighted by atomic mass is 10.3. The Labute approximate surface area is 191 Å². The molecule has 1 aromatic carbocycles. The van der Waals surface area contributed by atoms with Crippen molar-refractivity contribution >= 4 is 69.6 Å². The minimum absolute atomic E-state index is 0.205. The summed E-state index contributed by atoms with van der Waals surface area (Å²) in [6, 6.07) is 6.27. The van der Waals surface area contributed by atoms with Gasteiger partial charge in [-0.2, -0.15) is 0 Å². The maximum absolute atomic E-state index is 12.6. The number of carbonyl (C=O) groups excluding carboxylic acids is 2. The molecule has 2 heterocycles. The molecule has 0 unspecified atom stereocenters. The molecule has 2 amide bonds. The molecule has 1 fully saturated rings. The Balaban J connectivity index is 1.66. The Kier molecular flexibility index (Phi) is 7.49. The summed E-state index contributed by atoms with van der Waals surface area (Å²) in [7, 11) is 0. The number of carbonyl (C=O) groups is 2. The normalized spacial score (nSPS) is 16.4. The molecule has 0 radical (unpaired) electrons. The summed E-state index contributed by atoms with van der Waals surface area (Å²) in [5.41, 5.74) is 2.35. The summed E-state index contributed by atoms with van der Waals surface area (Å²) in [4.78, 5) is 26.5. The van der Waals surface area contributed by atoms with Crippen LogP contribution in [0.3, 0.4) is 0 Å². The molecule has 30 heavy (non-hydrogen) atoms. The van der Waals surface area contributed by atoms with E-state index < -0.39 is 5.91 Å². The largest absolute Gasteiger partial charge is 0.482 e. The number of hydrazone groups is 1. The SMILES string of the molecule is C=CCN1C(=O)C(=Cc2ccco2)SC1=NNC(=O)COc1cc(Cl)c(Cl)cc1Cl. The number of nitrogens with zero attached hydrogens (tertiary/aromatic N) is 2. The highest BCUT2D eigenvalue weighted by atomic mass is 35.5. The summed E-state index contributed by atoms with van der Waals surface area (Å²) < 4.78 is 10.6. The summed E-state index contributed by atoms with van der Waals surface area (Å²) in [6.07, 6.45) is 4.66. The number of hydrogen-bond acceptors (Lipinski definition) is 6. The molecule has 11 heteroatoms. The number of furan rings is 1. The van der Waals surface area contributed by atoms with Gasteiger partial charge in [0.2, 0.25) is 0 Å². The lowest BCUT2D eigenvalue weighted by molar-refractivity contribution is -0.123. The Hall–Kier alpha value is -2.39. The third kappa shape index (κ3) is 5.40. The van der Waals surface area contributed by atoms with E-state index in [1.807, 2.05) is 0 Å². The van der Waals surface area contributed by atoms with E-state index in [1.54, 1.807) is 24.3 Å². The standard InChI is InChI=1S/C19H14Cl3N3O4S/c1-2-5-25-18(27)16(7-11-4-3-6-28-11)30-19(25)24-23-17(26)10-29-15-9-13(21)12(20)8-14(15)22/h2-4,6-9H,1,5,10H2,(H,23,26). The third-order valence-electron chi connectivity index (χ3n) is 3.63. The van der Waals surface area contributed by atoms with Gasteiger partial charge < -0.3 is 9.15 Å². The van der Waals surface area contributed by atoms with Gasteiger partial charge in [-0.25, -0.2) is 5.43 Å². The number of halogens is 3. The molecule has 1 saturated heterocycles. The lowest BCUT2D eigenvalue weighted by Crippen LogP contribution is -2.32. The second-order valence-electron chi connectivity index (χ2n) is 5.75. The van der Waals surface area contributed by atoms with Crippen LogP contribution in [-0.2, 0) is 9.59 Å². The van der Waals surface area contributed by atoms with E-state index in [0.29, 0.717) is 15.8 Å². The van der Waals surface area contributed by atoms with E-state index in [-0.39, 0.29) is 39.9 Å². The first-order chi connectivity index (χ1) is 14.4. The average Bonchev–Trinajstić information content (AvgIpc) is 3.32. The van der Waals surface area contributed by atoms with Gasteiger partial charge in [-0.1, -0.05) is 40.9 Å². The van der Waals surface area contributed by atoms with Gasteiger partial charge in [0.1, 0.15) is 11.5 Å². The highest BCUT2D eigenvalue weighted by Gasteiger charge is 2.33. The highest BCUT2D eigenvalue weighted by Crippen LogP contribution is 2.34. The Bertz CT molecular complexity index is 1040. The second-order valence-corrected chi connectivity index (χ2v) is 7.98. The number of benzene rings is 1. The van der Waals surface area contributed by atoms with Crippen molar-refractivity contribution in [2.75, 3.05) is 13.2 Å². The number of rotatable bonds is 7. The highest BCUT2D eigenvalue weighted by molar-refractivity contribution is 8.18. The van der Waals surface area contributed by atoms with Gasteiger partial charge in [0.15, 0.2) is 11.8 Å². The van der Waals surface area contributed by atoms with Crippen molar-refractivity contribution in [3.63, 3.8) is 0 Å². The predicted octanol–water partition coefficient (Wildman–Crippen LogP) is 4.81. The van der Waals surface area contributed by atoms with Gasteiger partial charge >= 0.3 is 0 Å². The van der Waals surface area contributed by atoms with Crippen LogP contribution in [0.2, 0.25) is 15.1 Å². The van der Waals surface area contributed by atoms with Crippen molar-refractivity contribution in [2.45, 2.75) is 0 Å². The van der Waals surface area contributed by atoms with Gasteiger partial charge in [0.25, 0.3) is 11.8 Å². The van der Waals surface area contributed by atoms with E-state index in [4.69, 9.17) is 44.0 Å². The number of amides is 2. The van der Waals surface area contributed by atoms with E-state index >= 15 is 0 Å². The molecule has 0 atom stereocenters. The molecule has 7 nitrogen and oxygen atoms in total. The molecule has 2 aromatic rings. The molecule has 3 rings (SSSR count). The van der Waals surface area contributed by atoms with Crippen LogP contribution in [0.4, 0.5) is 0 Å². The number of nitrogens with one attached hydrogen (secondary N) is 1. The van der Waals surface area contributed by atoms with Crippen LogP contribution >= 0.6 is 46.6 Å². The van der Waals surface area contributed by atoms with E-state index in [0.717, 1.165) is 11.8 Å². The number of ether oxygens (including phenoxy) is 1. The minimum atomic E-state index is -0.556. The minimum Gasteiger partial charge on any atom is -0.482 e. The predicted molar refractivity (Wildman–Crippen MR) is 119 cm³/mol. The number of thioether (sulfide) groups is 1. The van der Waals surface area contributed by atoms with Crippen LogP contribution in [0.5, 0.6) is 5.75 Å². The average molecular weight is 487 g/mol. The van der Waals surface area contributed by atoms with Crippen molar-refractivity contribution in [1.82, 2.24) is 10.3 Å². The van der Waals surface area contributed by atoms with Crippen molar-refractivity contribution in [2.24, 2.45) is 5.10 Å². The zero-order valence-electron chi connectivity index (χ0n) is 15.2. The van der Waals surface area contributed by atoms with Crippen molar-refractivity contribution in [3.8, 4) is 5.75 Å². The summed E-state index contributed by atoms with van der Waals surface area (Å²) in [5, 5.41) is 5.04. The molecule has 1 aromatic heterocycles. The molecule has 1 aliphatic heterocycles. The molecule has 1 aliphatic rings. The number of amidine groups is 1. The fraction of sp³-hybridized carbons (Fsp3) is 0.105. The van der Waals surface area contributed by atoms with E-state index in [1.165, 1.54) is 23.3 Å². The van der Waals surface area contributed by atoms with Gasteiger partial charge in [-0.05, 0) is 30.0 Å². The molecular formula is C19H14Cl3N3O4S. The zero-order chi connectivity index (χ0) is 21.7. The van der Waals surface area contributed by atoms with Gasteiger partial charge in [-0.3, -0.25) is 14.5 Å². The molecule has 156 valence electrons. The van der Waals surface area contributed by atoms with Gasteiger partial charge in [0, 0.05) is 18.7 Å². The lowest BCUT2D eigenvalue weighted by Gasteiger charge is -2.12. The first-order valence-corrected chi connectivity index (χ1v) is 10.3. The quantitative estimate of drug-likeness (QED) is 0.263. The topological polar surface area (TPSA) is 84.1 Å². The van der Waals surface area contributed by atoms with Gasteiger partial charge in [-0.15, -0.1) is 11.7 Å². The zero-order valence-corrected chi connectivity index (χ0v) is 18.3. The second kappa shape index (κ2) is 10.1. The summed E-state index contributed by atoms with van der Waals surface area (Å²) in [5.74, 6) is -0.0966. The monoisotopic (exact) mass is 485 g/mol. The number of hydrogen-bond donors (Lipinski definition) is 1. The fourth-order valence-electron chi connectivity index (χ4n) is 2.28. The smallest absolute Gasteiger partial charge is 0.278 e. The maximum Gasteiger partial charge on any atom is 0.278 e. The molecular weight excluding hydrogens is 473 g/mol. The van der Waals surface area contributed by atoms with Crippen molar-refractivity contribution < 1.29 is 18.7 Å². The molecule has 0 aliphatic carbocycles. The Morgan fingerprint density at radius 3 is 2.77 bits per heavy atom. The van der Waals surface area contributed by atoms with E-state index in [9.17, 15) is 9.59 Å². The molecule has 0 saturated carbocycles. The molecule has 1 N–H and O–H groups in total. The van der Waals surface area contributed by atoms with Crippen LogP contribution in [0, 0.1) is 0 Å². The Morgan fingerprint density at radius 2 is 2.07 bits per heavy atom. The Morgan fingerprint density at radius 1 is 1.30 bits per heavy atom. The third-order valence-corrected chi connectivity index (χ3v) is 5.65. The fourth-order valence-corrected chi connectivity index (χ4v) is 3.80. The van der Waals surface area contributed by atoms with Crippen molar-refractivity contribution in [3.05, 3.63) is 68.9 Å². The molecule has 0 bridgehead atoms. The van der Waals surface area contributed by atoms with E-state index in [2.05, 4.69) is 17.1 Å². The molecule has 0 spiro atoms. The van der Waals surface area contributed by atoms with Gasteiger partial charge in [0.05, 0.1) is 26.2 Å². The first-order valence-electron chi connectivity index (χ1n) is 8.38. The summed E-state index contributed by atoms with van der Waals surface area (Å²) in [6.45, 7) is 3.49. The van der Waals surface area contributed by atoms with Crippen LogP contribution in [0.15, 0.2) is 57.6 Å². The van der Waals surface area contributed by atoms with Crippen molar-refractivity contribution in [1.29, 1.82) is 0 Å². The maximum atomic E-state index is 12.6. The van der Waals surface area contributed by atoms with Crippen LogP contribution in [0.25, 0.3) is 6.08 Å². The summed E-state index contributed by atoms with van der Waals surface area (Å²) >= 11 is 18.9. The van der Waals surface area contributed by atoms with Crippen LogP contribution in [0.1, 0.15) is 5.76 Å².